The van der Waals surface area contributed by atoms with Crippen LogP contribution in [0.3, 0.4) is 0 Å². The van der Waals surface area contributed by atoms with Gasteiger partial charge in [-0.25, -0.2) is 4.79 Å². The maximum Gasteiger partial charge on any atom is 0.407 e. The highest BCUT2D eigenvalue weighted by atomic mass is 32.1. The highest BCUT2D eigenvalue weighted by Gasteiger charge is 2.29. The van der Waals surface area contributed by atoms with Gasteiger partial charge in [0.2, 0.25) is 5.91 Å². The summed E-state index contributed by atoms with van der Waals surface area (Å²) in [5, 5.41) is 15.7. The first-order valence-corrected chi connectivity index (χ1v) is 10.5. The molecule has 2 aliphatic carbocycles. The van der Waals surface area contributed by atoms with Crippen LogP contribution in [-0.4, -0.2) is 24.6 Å². The van der Waals surface area contributed by atoms with Crippen LogP contribution < -0.4 is 10.6 Å². The average molecular weight is 411 g/mol. The van der Waals surface area contributed by atoms with Crippen molar-refractivity contribution in [1.82, 2.24) is 5.32 Å². The first-order chi connectivity index (χ1) is 14.1. The van der Waals surface area contributed by atoms with Crippen molar-refractivity contribution in [3.63, 3.8) is 0 Å². The van der Waals surface area contributed by atoms with Crippen LogP contribution in [0.25, 0.3) is 6.08 Å². The van der Waals surface area contributed by atoms with E-state index in [0.717, 1.165) is 10.4 Å². The van der Waals surface area contributed by atoms with E-state index in [1.165, 1.54) is 36.5 Å². The van der Waals surface area contributed by atoms with E-state index in [-0.39, 0.29) is 18.1 Å². The normalized spacial score (nSPS) is 18.1. The number of carbonyl (C=O) groups excluding carboxylic acids is 2. The molecule has 1 unspecified atom stereocenters. The summed E-state index contributed by atoms with van der Waals surface area (Å²) in [6.07, 6.45) is 8.10. The summed E-state index contributed by atoms with van der Waals surface area (Å²) >= 11 is 1.37. The van der Waals surface area contributed by atoms with Crippen molar-refractivity contribution >= 4 is 34.4 Å². The minimum atomic E-state index is -0.376. The fourth-order valence-corrected chi connectivity index (χ4v) is 4.57. The topological polar surface area (TPSA) is 104 Å². The monoisotopic (exact) mass is 411 g/mol. The van der Waals surface area contributed by atoms with Gasteiger partial charge in [-0.3, -0.25) is 4.79 Å². The van der Waals surface area contributed by atoms with E-state index < -0.39 is 0 Å². The molecule has 0 spiro atoms. The predicted octanol–water partition coefficient (Wildman–Crippen LogP) is 3.86. The summed E-state index contributed by atoms with van der Waals surface area (Å²) in [6.45, 7) is 0.677. The van der Waals surface area contributed by atoms with Gasteiger partial charge in [-0.1, -0.05) is 0 Å². The van der Waals surface area contributed by atoms with E-state index in [4.69, 9.17) is 9.15 Å². The van der Waals surface area contributed by atoms with Crippen LogP contribution in [0.4, 0.5) is 9.80 Å². The zero-order chi connectivity index (χ0) is 20.2. The van der Waals surface area contributed by atoms with E-state index in [1.807, 2.05) is 0 Å². The second-order valence-corrected chi connectivity index (χ2v) is 8.36. The number of furan rings is 1. The molecule has 2 heterocycles. The molecule has 8 heteroatoms. The molecule has 0 bridgehead atoms. The summed E-state index contributed by atoms with van der Waals surface area (Å²) < 4.78 is 10.7. The Balaban J connectivity index is 1.38. The Morgan fingerprint density at radius 1 is 1.38 bits per heavy atom. The molecule has 2 N–H and O–H groups in total. The number of hydrogen-bond donors (Lipinski definition) is 2. The van der Waals surface area contributed by atoms with Crippen molar-refractivity contribution < 1.29 is 18.7 Å². The first-order valence-electron chi connectivity index (χ1n) is 9.64. The molecule has 0 aromatic carbocycles. The minimum absolute atomic E-state index is 0.214. The van der Waals surface area contributed by atoms with Gasteiger partial charge < -0.3 is 19.8 Å². The van der Waals surface area contributed by atoms with Crippen molar-refractivity contribution in [3.8, 4) is 6.07 Å². The standard InChI is InChI=1S/C21H21N3O4S/c22-11-17-16-7-5-15(28-21(26)23-12-13-3-4-13)10-18(16)29-20(17)24-19(25)8-6-14-2-1-9-27-14/h1-2,6,8-9,13,15H,3-5,7,10,12H2,(H,23,26)(H,24,25). The second-order valence-electron chi connectivity index (χ2n) is 7.25. The summed E-state index contributed by atoms with van der Waals surface area (Å²) in [7, 11) is 0. The number of carbonyl (C=O) groups is 2. The van der Waals surface area contributed by atoms with Gasteiger partial charge in [0.05, 0.1) is 11.8 Å². The third kappa shape index (κ3) is 4.87. The predicted molar refractivity (Wildman–Crippen MR) is 108 cm³/mol. The molecular formula is C21H21N3O4S. The fraction of sp³-hybridized carbons (Fsp3) is 0.381. The van der Waals surface area contributed by atoms with Crippen molar-refractivity contribution in [2.24, 2.45) is 5.92 Å². The van der Waals surface area contributed by atoms with Crippen LogP contribution in [0.5, 0.6) is 0 Å². The molecule has 7 nitrogen and oxygen atoms in total. The molecule has 2 aliphatic rings. The number of nitrogens with zero attached hydrogens (tertiary/aromatic N) is 1. The maximum absolute atomic E-state index is 12.2. The largest absolute Gasteiger partial charge is 0.465 e. The smallest absolute Gasteiger partial charge is 0.407 e. The van der Waals surface area contributed by atoms with Crippen LogP contribution in [0.15, 0.2) is 28.9 Å². The fourth-order valence-electron chi connectivity index (χ4n) is 3.30. The molecule has 0 saturated heterocycles. The molecule has 2 aromatic heterocycles. The molecule has 1 fully saturated rings. The number of ether oxygens (including phenoxy) is 1. The quantitative estimate of drug-likeness (QED) is 0.703. The number of fused-ring (bicyclic) bond motifs is 1. The Labute approximate surface area is 172 Å². The van der Waals surface area contributed by atoms with E-state index in [0.29, 0.717) is 48.0 Å². The third-order valence-corrected chi connectivity index (χ3v) is 6.19. The second kappa shape index (κ2) is 8.53. The molecule has 1 atom stereocenters. The van der Waals surface area contributed by atoms with Crippen molar-refractivity contribution in [3.05, 3.63) is 46.2 Å². The number of anilines is 1. The van der Waals surface area contributed by atoms with Crippen LogP contribution in [0.1, 0.15) is 41.0 Å². The Hall–Kier alpha value is -3.05. The van der Waals surface area contributed by atoms with Crippen LogP contribution in [0, 0.1) is 17.2 Å². The van der Waals surface area contributed by atoms with E-state index in [1.54, 1.807) is 18.2 Å². The van der Waals surface area contributed by atoms with Gasteiger partial charge in [-0.2, -0.15) is 5.26 Å². The summed E-state index contributed by atoms with van der Waals surface area (Å²) in [5.41, 5.74) is 1.45. The number of rotatable bonds is 6. The van der Waals surface area contributed by atoms with Gasteiger partial charge in [0, 0.05) is 23.9 Å². The van der Waals surface area contributed by atoms with Crippen molar-refractivity contribution in [1.29, 1.82) is 5.26 Å². The van der Waals surface area contributed by atoms with E-state index in [2.05, 4.69) is 16.7 Å². The lowest BCUT2D eigenvalue weighted by molar-refractivity contribution is -0.111. The number of alkyl carbamates (subject to hydrolysis) is 1. The third-order valence-electron chi connectivity index (χ3n) is 5.02. The number of nitriles is 1. The van der Waals surface area contributed by atoms with E-state index >= 15 is 0 Å². The summed E-state index contributed by atoms with van der Waals surface area (Å²) in [5.74, 6) is 0.846. The Morgan fingerprint density at radius 3 is 2.97 bits per heavy atom. The molecule has 29 heavy (non-hydrogen) atoms. The lowest BCUT2D eigenvalue weighted by Gasteiger charge is -2.22. The lowest BCUT2D eigenvalue weighted by atomic mass is 9.94. The molecule has 4 rings (SSSR count). The van der Waals surface area contributed by atoms with Crippen molar-refractivity contribution in [2.75, 3.05) is 11.9 Å². The maximum atomic E-state index is 12.2. The highest BCUT2D eigenvalue weighted by molar-refractivity contribution is 7.16. The summed E-state index contributed by atoms with van der Waals surface area (Å²) in [4.78, 5) is 25.1. The van der Waals surface area contributed by atoms with Gasteiger partial charge in [0.25, 0.3) is 0 Å². The number of nitrogens with one attached hydrogen (secondary N) is 2. The first kappa shape index (κ1) is 19.3. The Bertz CT molecular complexity index is 967. The molecule has 1 saturated carbocycles. The van der Waals surface area contributed by atoms with Gasteiger partial charge in [0.15, 0.2) is 0 Å². The molecule has 0 radical (unpaired) electrons. The van der Waals surface area contributed by atoms with Crippen LogP contribution >= 0.6 is 11.3 Å². The molecular weight excluding hydrogens is 390 g/mol. The SMILES string of the molecule is N#Cc1c(NC(=O)C=Cc2ccco2)sc2c1CCC(OC(=O)NCC1CC1)C2. The van der Waals surface area contributed by atoms with E-state index in [9.17, 15) is 14.9 Å². The zero-order valence-corrected chi connectivity index (χ0v) is 16.6. The minimum Gasteiger partial charge on any atom is -0.465 e. The molecule has 150 valence electrons. The number of amides is 2. The molecule has 0 aliphatic heterocycles. The number of thiophene rings is 1. The highest BCUT2D eigenvalue weighted by Crippen LogP contribution is 2.38. The van der Waals surface area contributed by atoms with Gasteiger partial charge >= 0.3 is 6.09 Å². The lowest BCUT2D eigenvalue weighted by Crippen LogP contribution is -2.32. The van der Waals surface area contributed by atoms with Crippen LogP contribution in [0.2, 0.25) is 0 Å². The number of hydrogen-bond acceptors (Lipinski definition) is 6. The van der Waals surface area contributed by atoms with Gasteiger partial charge in [0.1, 0.15) is 22.9 Å². The van der Waals surface area contributed by atoms with Gasteiger partial charge in [-0.15, -0.1) is 11.3 Å². The Kier molecular flexibility index (Phi) is 5.67. The molecule has 2 amide bonds. The average Bonchev–Trinajstić information content (AvgIpc) is 3.26. The van der Waals surface area contributed by atoms with Crippen molar-refractivity contribution in [2.45, 2.75) is 38.2 Å². The Morgan fingerprint density at radius 2 is 2.24 bits per heavy atom. The van der Waals surface area contributed by atoms with Crippen LogP contribution in [-0.2, 0) is 22.4 Å². The zero-order valence-electron chi connectivity index (χ0n) is 15.8. The molecule has 2 aromatic rings. The summed E-state index contributed by atoms with van der Waals surface area (Å²) in [6, 6.07) is 5.69. The van der Waals surface area contributed by atoms with Gasteiger partial charge in [-0.05, 0) is 55.4 Å².